The molecule has 4 heteroatoms. The zero-order valence-corrected chi connectivity index (χ0v) is 9.29. The minimum absolute atomic E-state index is 0.718. The van der Waals surface area contributed by atoms with Crippen LogP contribution in [0.25, 0.3) is 11.1 Å². The Balaban J connectivity index is 1.75. The molecule has 3 rings (SSSR count). The summed E-state index contributed by atoms with van der Waals surface area (Å²) in [6.45, 7) is 5.14. The Morgan fingerprint density at radius 3 is 3.12 bits per heavy atom. The maximum Gasteiger partial charge on any atom is 0.192 e. The lowest BCUT2D eigenvalue weighted by Gasteiger charge is -2.27. The molecule has 0 atom stereocenters. The van der Waals surface area contributed by atoms with Crippen LogP contribution in [0.15, 0.2) is 22.6 Å². The molecule has 0 aliphatic carbocycles. The van der Waals surface area contributed by atoms with Gasteiger partial charge in [0.15, 0.2) is 11.5 Å². The summed E-state index contributed by atoms with van der Waals surface area (Å²) in [4.78, 5) is 4.32. The molecule has 1 aliphatic rings. The van der Waals surface area contributed by atoms with E-state index in [0.717, 1.165) is 48.2 Å². The van der Waals surface area contributed by atoms with E-state index in [1.807, 2.05) is 25.1 Å². The number of nitrogens with zero attached hydrogens (tertiary/aromatic N) is 1. The van der Waals surface area contributed by atoms with Crippen LogP contribution in [0.5, 0.6) is 0 Å². The molecule has 1 saturated heterocycles. The average Bonchev–Trinajstić information content (AvgIpc) is 2.55. The smallest absolute Gasteiger partial charge is 0.192 e. The fourth-order valence-corrected chi connectivity index (χ4v) is 1.91. The molecule has 2 aromatic rings. The SMILES string of the molecule is Cc1nc2cc(NCC3CNC3)ccc2o1. The second-order valence-electron chi connectivity index (χ2n) is 4.32. The summed E-state index contributed by atoms with van der Waals surface area (Å²) >= 11 is 0. The predicted molar refractivity (Wildman–Crippen MR) is 63.6 cm³/mol. The summed E-state index contributed by atoms with van der Waals surface area (Å²) in [5.41, 5.74) is 2.90. The van der Waals surface area contributed by atoms with E-state index in [1.165, 1.54) is 0 Å². The van der Waals surface area contributed by atoms with Crippen molar-refractivity contribution in [1.82, 2.24) is 10.3 Å². The van der Waals surface area contributed by atoms with Gasteiger partial charge in [0.05, 0.1) is 0 Å². The van der Waals surface area contributed by atoms with Crippen molar-refractivity contribution in [3.8, 4) is 0 Å². The van der Waals surface area contributed by atoms with Crippen molar-refractivity contribution >= 4 is 16.8 Å². The third-order valence-corrected chi connectivity index (χ3v) is 2.96. The van der Waals surface area contributed by atoms with Crippen LogP contribution in [0.1, 0.15) is 5.89 Å². The summed E-state index contributed by atoms with van der Waals surface area (Å²) in [5, 5.41) is 6.69. The van der Waals surface area contributed by atoms with Crippen LogP contribution < -0.4 is 10.6 Å². The molecular formula is C12H15N3O. The Hall–Kier alpha value is -1.55. The van der Waals surface area contributed by atoms with Crippen LogP contribution >= 0.6 is 0 Å². The van der Waals surface area contributed by atoms with Crippen molar-refractivity contribution < 1.29 is 4.42 Å². The van der Waals surface area contributed by atoms with Crippen molar-refractivity contribution in [3.63, 3.8) is 0 Å². The number of anilines is 1. The average molecular weight is 217 g/mol. The van der Waals surface area contributed by atoms with Crippen molar-refractivity contribution in [1.29, 1.82) is 0 Å². The van der Waals surface area contributed by atoms with Gasteiger partial charge in [0.1, 0.15) is 5.52 Å². The van der Waals surface area contributed by atoms with Crippen molar-refractivity contribution in [2.24, 2.45) is 5.92 Å². The second kappa shape index (κ2) is 3.79. The Morgan fingerprint density at radius 1 is 1.50 bits per heavy atom. The normalized spacial score (nSPS) is 16.3. The maximum absolute atomic E-state index is 5.43. The molecule has 4 nitrogen and oxygen atoms in total. The molecule has 1 aromatic heterocycles. The number of aryl methyl sites for hydroxylation is 1. The fourth-order valence-electron chi connectivity index (χ4n) is 1.91. The van der Waals surface area contributed by atoms with Crippen molar-refractivity contribution in [3.05, 3.63) is 24.1 Å². The van der Waals surface area contributed by atoms with Gasteiger partial charge >= 0.3 is 0 Å². The van der Waals surface area contributed by atoms with Crippen molar-refractivity contribution in [2.45, 2.75) is 6.92 Å². The third-order valence-electron chi connectivity index (χ3n) is 2.96. The molecular weight excluding hydrogens is 202 g/mol. The van der Waals surface area contributed by atoms with Crippen molar-refractivity contribution in [2.75, 3.05) is 25.0 Å². The van der Waals surface area contributed by atoms with Gasteiger partial charge in [0.25, 0.3) is 0 Å². The van der Waals surface area contributed by atoms with Crippen LogP contribution in [0.4, 0.5) is 5.69 Å². The van der Waals surface area contributed by atoms with E-state index in [-0.39, 0.29) is 0 Å². The topological polar surface area (TPSA) is 50.1 Å². The van der Waals surface area contributed by atoms with E-state index >= 15 is 0 Å². The highest BCUT2D eigenvalue weighted by Crippen LogP contribution is 2.20. The molecule has 84 valence electrons. The van der Waals surface area contributed by atoms with Gasteiger partial charge in [-0.25, -0.2) is 4.98 Å². The molecule has 1 fully saturated rings. The lowest BCUT2D eigenvalue weighted by Crippen LogP contribution is -2.45. The number of rotatable bonds is 3. The van der Waals surface area contributed by atoms with Gasteiger partial charge in [0, 0.05) is 38.2 Å². The highest BCUT2D eigenvalue weighted by Gasteiger charge is 2.15. The van der Waals surface area contributed by atoms with Gasteiger partial charge in [-0.15, -0.1) is 0 Å². The maximum atomic E-state index is 5.43. The molecule has 1 aromatic carbocycles. The number of aromatic nitrogens is 1. The van der Waals surface area contributed by atoms with E-state index < -0.39 is 0 Å². The first-order valence-electron chi connectivity index (χ1n) is 5.63. The Kier molecular flexibility index (Phi) is 2.29. The summed E-state index contributed by atoms with van der Waals surface area (Å²) < 4.78 is 5.43. The van der Waals surface area contributed by atoms with E-state index in [1.54, 1.807) is 0 Å². The molecule has 1 aliphatic heterocycles. The first kappa shape index (κ1) is 9.66. The standard InChI is InChI=1S/C12H15N3O/c1-8-15-11-4-10(2-3-12(11)16-8)14-7-9-5-13-6-9/h2-4,9,13-14H,5-7H2,1H3. The lowest BCUT2D eigenvalue weighted by molar-refractivity contribution is 0.365. The van der Waals surface area contributed by atoms with Gasteiger partial charge in [-0.3, -0.25) is 0 Å². The molecule has 0 radical (unpaired) electrons. The van der Waals surface area contributed by atoms with E-state index in [9.17, 15) is 0 Å². The highest BCUT2D eigenvalue weighted by atomic mass is 16.3. The Labute approximate surface area is 94.0 Å². The van der Waals surface area contributed by atoms with Crippen LogP contribution in [0, 0.1) is 12.8 Å². The number of fused-ring (bicyclic) bond motifs is 1. The molecule has 2 N–H and O–H groups in total. The summed E-state index contributed by atoms with van der Waals surface area (Å²) in [6.07, 6.45) is 0. The van der Waals surface area contributed by atoms with Gasteiger partial charge in [-0.05, 0) is 18.2 Å². The minimum atomic E-state index is 0.718. The van der Waals surface area contributed by atoms with Gasteiger partial charge in [0.2, 0.25) is 0 Å². The highest BCUT2D eigenvalue weighted by molar-refractivity contribution is 5.77. The van der Waals surface area contributed by atoms with E-state index in [4.69, 9.17) is 4.42 Å². The largest absolute Gasteiger partial charge is 0.441 e. The van der Waals surface area contributed by atoms with E-state index in [0.29, 0.717) is 0 Å². The van der Waals surface area contributed by atoms with Gasteiger partial charge in [-0.1, -0.05) is 0 Å². The number of nitrogens with one attached hydrogen (secondary N) is 2. The summed E-state index contributed by atoms with van der Waals surface area (Å²) in [5.74, 6) is 1.48. The first-order chi connectivity index (χ1) is 7.81. The summed E-state index contributed by atoms with van der Waals surface area (Å²) in [6, 6.07) is 6.05. The van der Waals surface area contributed by atoms with Crippen LogP contribution in [0.3, 0.4) is 0 Å². The Bertz CT molecular complexity index is 502. The minimum Gasteiger partial charge on any atom is -0.441 e. The molecule has 16 heavy (non-hydrogen) atoms. The molecule has 0 spiro atoms. The number of hydrogen-bond donors (Lipinski definition) is 2. The van der Waals surface area contributed by atoms with Crippen LogP contribution in [-0.4, -0.2) is 24.6 Å². The van der Waals surface area contributed by atoms with Gasteiger partial charge in [-0.2, -0.15) is 0 Å². The summed E-state index contributed by atoms with van der Waals surface area (Å²) in [7, 11) is 0. The van der Waals surface area contributed by atoms with Crippen LogP contribution in [-0.2, 0) is 0 Å². The monoisotopic (exact) mass is 217 g/mol. The zero-order chi connectivity index (χ0) is 11.0. The molecule has 2 heterocycles. The van der Waals surface area contributed by atoms with Gasteiger partial charge < -0.3 is 15.1 Å². The number of benzene rings is 1. The first-order valence-corrected chi connectivity index (χ1v) is 5.63. The Morgan fingerprint density at radius 2 is 2.38 bits per heavy atom. The molecule has 0 unspecified atom stereocenters. The number of oxazole rings is 1. The van der Waals surface area contributed by atoms with E-state index in [2.05, 4.69) is 15.6 Å². The van der Waals surface area contributed by atoms with Crippen LogP contribution in [0.2, 0.25) is 0 Å². The third kappa shape index (κ3) is 1.76. The molecule has 0 saturated carbocycles. The number of hydrogen-bond acceptors (Lipinski definition) is 4. The predicted octanol–water partition coefficient (Wildman–Crippen LogP) is 1.77. The molecule has 0 bridgehead atoms. The fraction of sp³-hybridized carbons (Fsp3) is 0.417. The quantitative estimate of drug-likeness (QED) is 0.822. The molecule has 0 amide bonds. The zero-order valence-electron chi connectivity index (χ0n) is 9.29. The second-order valence-corrected chi connectivity index (χ2v) is 4.32. The lowest BCUT2D eigenvalue weighted by atomic mass is 10.0.